The van der Waals surface area contributed by atoms with Gasteiger partial charge in [-0.05, 0) is 6.42 Å². The smallest absolute Gasteiger partial charge is 0.312 e. The molecule has 0 heterocycles. The molecule has 4 heteroatoms. The third-order valence-electron chi connectivity index (χ3n) is 0.862. The largest absolute Gasteiger partial charge is 0.327 e. The zero-order valence-electron chi connectivity index (χ0n) is 6.09. The van der Waals surface area contributed by atoms with Crippen LogP contribution in [0.3, 0.4) is 0 Å². The molecule has 0 aliphatic rings. The summed E-state index contributed by atoms with van der Waals surface area (Å²) in [6.07, 6.45) is 0.862. The summed E-state index contributed by atoms with van der Waals surface area (Å²) in [4.78, 5) is 0. The highest BCUT2D eigenvalue weighted by Gasteiger charge is 2.12. The molecule has 0 fully saturated rings. The van der Waals surface area contributed by atoms with Crippen molar-refractivity contribution in [3.05, 3.63) is 0 Å². The van der Waals surface area contributed by atoms with Gasteiger partial charge in [0.1, 0.15) is 0 Å². The van der Waals surface area contributed by atoms with Crippen molar-refractivity contribution in [2.75, 3.05) is 20.4 Å². The maximum atomic E-state index is 10.9. The maximum absolute atomic E-state index is 10.9. The first-order valence-electron chi connectivity index (χ1n) is 2.90. The predicted octanol–water partition coefficient (Wildman–Crippen LogP) is 1.88. The monoisotopic (exact) mass is 152 g/mol. The molecule has 1 atom stereocenters. The Hall–Kier alpha value is 0.150. The van der Waals surface area contributed by atoms with Gasteiger partial charge in [0.15, 0.2) is 0 Å². The van der Waals surface area contributed by atoms with Gasteiger partial charge >= 0.3 is 7.60 Å². The zero-order chi connectivity index (χ0) is 7.33. The van der Waals surface area contributed by atoms with Gasteiger partial charge in [0, 0.05) is 13.8 Å². The van der Waals surface area contributed by atoms with Crippen molar-refractivity contribution in [1.82, 2.24) is 0 Å². The van der Waals surface area contributed by atoms with E-state index in [1.54, 1.807) is 0 Å². The highest BCUT2D eigenvalue weighted by Crippen LogP contribution is 2.42. The Bertz CT molecular complexity index is 113. The molecular weight excluding hydrogens is 139 g/mol. The minimum atomic E-state index is -2.69. The Labute approximate surface area is 55.9 Å². The zero-order valence-corrected chi connectivity index (χ0v) is 6.98. The van der Waals surface area contributed by atoms with Crippen LogP contribution in [-0.4, -0.2) is 20.4 Å². The Morgan fingerprint density at radius 3 is 2.44 bits per heavy atom. The fourth-order valence-corrected chi connectivity index (χ4v) is 0.929. The predicted molar refractivity (Wildman–Crippen MR) is 36.8 cm³/mol. The number of hydrogen-bond acceptors (Lipinski definition) is 3. The lowest BCUT2D eigenvalue weighted by molar-refractivity contribution is 0.239. The van der Waals surface area contributed by atoms with Gasteiger partial charge < -0.3 is 9.05 Å². The fourth-order valence-electron chi connectivity index (χ4n) is 0.310. The van der Waals surface area contributed by atoms with Gasteiger partial charge in [0.05, 0.1) is 6.61 Å². The number of rotatable bonds is 4. The highest BCUT2D eigenvalue weighted by molar-refractivity contribution is 7.52. The first-order chi connectivity index (χ1) is 4.12. The van der Waals surface area contributed by atoms with Crippen molar-refractivity contribution >= 4 is 7.60 Å². The van der Waals surface area contributed by atoms with Crippen LogP contribution in [0.15, 0.2) is 0 Å². The topological polar surface area (TPSA) is 35.5 Å². The van der Waals surface area contributed by atoms with E-state index >= 15 is 0 Å². The Kier molecular flexibility index (Phi) is 4.11. The van der Waals surface area contributed by atoms with E-state index in [0.717, 1.165) is 6.42 Å². The van der Waals surface area contributed by atoms with E-state index < -0.39 is 7.60 Å². The molecule has 3 nitrogen and oxygen atoms in total. The molecule has 0 N–H and O–H groups in total. The van der Waals surface area contributed by atoms with Crippen molar-refractivity contribution in [2.24, 2.45) is 0 Å². The van der Waals surface area contributed by atoms with E-state index in [1.165, 1.54) is 13.8 Å². The second kappa shape index (κ2) is 4.04. The van der Waals surface area contributed by atoms with E-state index in [1.807, 2.05) is 6.92 Å². The van der Waals surface area contributed by atoms with Crippen molar-refractivity contribution in [3.8, 4) is 0 Å². The van der Waals surface area contributed by atoms with Crippen LogP contribution in [0.1, 0.15) is 13.3 Å². The second-order valence-electron chi connectivity index (χ2n) is 1.79. The molecule has 0 bridgehead atoms. The molecule has 0 aromatic carbocycles. The summed E-state index contributed by atoms with van der Waals surface area (Å²) in [5, 5.41) is 0. The molecule has 0 aliphatic carbocycles. The standard InChI is InChI=1S/C5H13O3P/c1-4-5-8-9(3,6)7-2/h4-5H2,1-3H3. The first-order valence-corrected chi connectivity index (χ1v) is 4.89. The second-order valence-corrected chi connectivity index (χ2v) is 3.95. The molecule has 0 radical (unpaired) electrons. The Balaban J connectivity index is 3.46. The minimum absolute atomic E-state index is 0.502. The summed E-state index contributed by atoms with van der Waals surface area (Å²) in [7, 11) is -1.30. The van der Waals surface area contributed by atoms with Crippen molar-refractivity contribution in [2.45, 2.75) is 13.3 Å². The number of hydrogen-bond donors (Lipinski definition) is 0. The SMILES string of the molecule is CCCOP(C)(=O)OC. The quantitative estimate of drug-likeness (QED) is 0.577. The van der Waals surface area contributed by atoms with Crippen LogP contribution < -0.4 is 0 Å². The fraction of sp³-hybridized carbons (Fsp3) is 1.00. The lowest BCUT2D eigenvalue weighted by atomic mass is 10.5. The molecule has 0 rings (SSSR count). The van der Waals surface area contributed by atoms with Gasteiger partial charge in [-0.3, -0.25) is 4.57 Å². The third kappa shape index (κ3) is 4.64. The maximum Gasteiger partial charge on any atom is 0.327 e. The van der Waals surface area contributed by atoms with Crippen LogP contribution in [0.25, 0.3) is 0 Å². The van der Waals surface area contributed by atoms with Crippen LogP contribution in [0.2, 0.25) is 0 Å². The van der Waals surface area contributed by atoms with Crippen LogP contribution >= 0.6 is 7.60 Å². The molecule has 0 aliphatic heterocycles. The summed E-state index contributed by atoms with van der Waals surface area (Å²) >= 11 is 0. The molecule has 9 heavy (non-hydrogen) atoms. The van der Waals surface area contributed by atoms with Gasteiger partial charge in [-0.2, -0.15) is 0 Å². The molecule has 1 unspecified atom stereocenters. The molecule has 0 aromatic heterocycles. The Morgan fingerprint density at radius 2 is 2.11 bits per heavy atom. The molecule has 0 saturated carbocycles. The summed E-state index contributed by atoms with van der Waals surface area (Å²) in [6, 6.07) is 0. The van der Waals surface area contributed by atoms with Crippen LogP contribution in [0.4, 0.5) is 0 Å². The molecule has 56 valence electrons. The first kappa shape index (κ1) is 9.15. The van der Waals surface area contributed by atoms with Crippen molar-refractivity contribution in [1.29, 1.82) is 0 Å². The van der Waals surface area contributed by atoms with E-state index in [-0.39, 0.29) is 0 Å². The van der Waals surface area contributed by atoms with Crippen LogP contribution in [-0.2, 0) is 13.6 Å². The van der Waals surface area contributed by atoms with Gasteiger partial charge in [-0.1, -0.05) is 6.92 Å². The summed E-state index contributed by atoms with van der Waals surface area (Å²) in [5.41, 5.74) is 0. The molecule has 0 spiro atoms. The summed E-state index contributed by atoms with van der Waals surface area (Å²) in [5.74, 6) is 0. The van der Waals surface area contributed by atoms with E-state index in [9.17, 15) is 4.57 Å². The van der Waals surface area contributed by atoms with Crippen LogP contribution in [0, 0.1) is 0 Å². The molecule has 0 saturated heterocycles. The average Bonchev–Trinajstić information content (AvgIpc) is 1.84. The van der Waals surface area contributed by atoms with E-state index in [2.05, 4.69) is 4.52 Å². The van der Waals surface area contributed by atoms with Gasteiger partial charge in [0.2, 0.25) is 0 Å². The Morgan fingerprint density at radius 1 is 1.56 bits per heavy atom. The molecule has 0 amide bonds. The summed E-state index contributed by atoms with van der Waals surface area (Å²) < 4.78 is 20.3. The average molecular weight is 152 g/mol. The minimum Gasteiger partial charge on any atom is -0.312 e. The van der Waals surface area contributed by atoms with Crippen molar-refractivity contribution < 1.29 is 13.6 Å². The van der Waals surface area contributed by atoms with E-state index in [0.29, 0.717) is 6.61 Å². The van der Waals surface area contributed by atoms with Crippen LogP contribution in [0.5, 0.6) is 0 Å². The van der Waals surface area contributed by atoms with Crippen molar-refractivity contribution in [3.63, 3.8) is 0 Å². The molecular formula is C5H13O3P. The van der Waals surface area contributed by atoms with Gasteiger partial charge in [-0.15, -0.1) is 0 Å². The lowest BCUT2D eigenvalue weighted by Gasteiger charge is -2.08. The highest BCUT2D eigenvalue weighted by atomic mass is 31.2. The van der Waals surface area contributed by atoms with Gasteiger partial charge in [0.25, 0.3) is 0 Å². The molecule has 0 aromatic rings. The van der Waals surface area contributed by atoms with Gasteiger partial charge in [-0.25, -0.2) is 0 Å². The third-order valence-corrected chi connectivity index (χ3v) is 2.18. The van der Waals surface area contributed by atoms with E-state index in [4.69, 9.17) is 4.52 Å². The summed E-state index contributed by atoms with van der Waals surface area (Å²) in [6.45, 7) is 3.92. The normalized spacial score (nSPS) is 17.2. The lowest BCUT2D eigenvalue weighted by Crippen LogP contribution is -1.91.